The van der Waals surface area contributed by atoms with Crippen LogP contribution in [0.5, 0.6) is 0 Å². The molecule has 170 valence electrons. The largest absolute Gasteiger partial charge is 0.465 e. The van der Waals surface area contributed by atoms with E-state index >= 15 is 0 Å². The van der Waals surface area contributed by atoms with Crippen LogP contribution in [0.15, 0.2) is 59.4 Å². The third-order valence-electron chi connectivity index (χ3n) is 5.34. The first-order valence-electron chi connectivity index (χ1n) is 10.4. The minimum Gasteiger partial charge on any atom is -0.465 e. The number of carbonyl (C=O) groups is 1. The minimum absolute atomic E-state index is 0.120. The molecule has 1 N–H and O–H groups in total. The Morgan fingerprint density at radius 3 is 2.55 bits per heavy atom. The van der Waals surface area contributed by atoms with Gasteiger partial charge in [-0.15, -0.1) is 0 Å². The van der Waals surface area contributed by atoms with Crippen LogP contribution in [0.3, 0.4) is 0 Å². The topological polar surface area (TPSA) is 63.6 Å². The number of fused-ring (bicyclic) bond motifs is 2. The van der Waals surface area contributed by atoms with Crippen molar-refractivity contribution in [2.45, 2.75) is 13.5 Å². The fourth-order valence-corrected chi connectivity index (χ4v) is 4.27. The highest BCUT2D eigenvalue weighted by molar-refractivity contribution is 6.35. The molecule has 33 heavy (non-hydrogen) atoms. The van der Waals surface area contributed by atoms with Crippen molar-refractivity contribution in [1.82, 2.24) is 4.57 Å². The number of anilines is 3. The van der Waals surface area contributed by atoms with Gasteiger partial charge in [-0.2, -0.15) is 0 Å². The number of pyridine rings is 1. The second kappa shape index (κ2) is 9.11. The van der Waals surface area contributed by atoms with E-state index in [-0.39, 0.29) is 18.6 Å². The number of halogens is 2. The van der Waals surface area contributed by atoms with Crippen LogP contribution >= 0.6 is 11.6 Å². The van der Waals surface area contributed by atoms with Crippen molar-refractivity contribution < 1.29 is 13.9 Å². The zero-order chi connectivity index (χ0) is 23.7. The fraction of sp³-hybridized carbons (Fsp3) is 0.200. The zero-order valence-electron chi connectivity index (χ0n) is 18.5. The Hall–Kier alpha value is -3.58. The molecule has 4 rings (SSSR count). The molecular weight excluding hydrogens is 445 g/mol. The van der Waals surface area contributed by atoms with Crippen LogP contribution in [0.1, 0.15) is 6.92 Å². The zero-order valence-corrected chi connectivity index (χ0v) is 19.2. The number of ether oxygens (including phenoxy) is 1. The third-order valence-corrected chi connectivity index (χ3v) is 5.65. The molecule has 0 radical (unpaired) electrons. The van der Waals surface area contributed by atoms with Gasteiger partial charge in [-0.1, -0.05) is 23.7 Å². The molecule has 0 amide bonds. The molecule has 0 unspecified atom stereocenters. The molecule has 1 aromatic heterocycles. The summed E-state index contributed by atoms with van der Waals surface area (Å²) in [7, 11) is 3.64. The standard InChI is InChI=1S/C25H23ClFN3O3/c1-4-33-22(31)14-30-21-13-15(28-20-8-6-5-7-19(20)27)9-10-16(21)25(32)17-11-12-18(26)24(23(17)30)29(2)3/h5-13,28H,4,14H2,1-3H3. The van der Waals surface area contributed by atoms with Crippen molar-refractivity contribution in [2.75, 3.05) is 30.9 Å². The van der Waals surface area contributed by atoms with E-state index in [4.69, 9.17) is 16.3 Å². The number of para-hydroxylation sites is 1. The molecule has 3 aromatic carbocycles. The minimum atomic E-state index is -0.444. The smallest absolute Gasteiger partial charge is 0.325 e. The van der Waals surface area contributed by atoms with Crippen molar-refractivity contribution in [3.05, 3.63) is 75.7 Å². The van der Waals surface area contributed by atoms with Gasteiger partial charge < -0.3 is 19.5 Å². The quantitative estimate of drug-likeness (QED) is 0.307. The van der Waals surface area contributed by atoms with Crippen molar-refractivity contribution >= 4 is 56.4 Å². The predicted octanol–water partition coefficient (Wildman–Crippen LogP) is 5.32. The third kappa shape index (κ3) is 4.24. The van der Waals surface area contributed by atoms with Gasteiger partial charge in [-0.25, -0.2) is 4.39 Å². The summed E-state index contributed by atoms with van der Waals surface area (Å²) in [6.45, 7) is 1.85. The normalized spacial score (nSPS) is 11.1. The number of hydrogen-bond donors (Lipinski definition) is 1. The van der Waals surface area contributed by atoms with E-state index in [2.05, 4.69) is 5.32 Å². The van der Waals surface area contributed by atoms with Gasteiger partial charge >= 0.3 is 5.97 Å². The fourth-order valence-electron chi connectivity index (χ4n) is 3.95. The maximum Gasteiger partial charge on any atom is 0.325 e. The molecule has 4 aromatic rings. The van der Waals surface area contributed by atoms with Gasteiger partial charge in [0.05, 0.1) is 34.0 Å². The summed E-state index contributed by atoms with van der Waals surface area (Å²) in [6, 6.07) is 14.8. The average molecular weight is 468 g/mol. The molecule has 0 fully saturated rings. The Morgan fingerprint density at radius 2 is 1.85 bits per heavy atom. The summed E-state index contributed by atoms with van der Waals surface area (Å²) in [5, 5.41) is 4.36. The number of carbonyl (C=O) groups excluding carboxylic acids is 1. The Labute approximate surface area is 195 Å². The molecule has 0 atom stereocenters. The average Bonchev–Trinajstić information content (AvgIpc) is 2.78. The molecule has 0 aliphatic carbocycles. The molecule has 1 heterocycles. The Kier molecular flexibility index (Phi) is 6.24. The van der Waals surface area contributed by atoms with Crippen molar-refractivity contribution in [3.8, 4) is 0 Å². The van der Waals surface area contributed by atoms with Gasteiger partial charge in [0.2, 0.25) is 0 Å². The van der Waals surface area contributed by atoms with Crippen LogP contribution in [0.25, 0.3) is 21.8 Å². The SMILES string of the molecule is CCOC(=O)Cn1c2cc(Nc3ccccc3F)ccc2c(=O)c2ccc(Cl)c(N(C)C)c21. The second-order valence-corrected chi connectivity index (χ2v) is 8.15. The van der Waals surface area contributed by atoms with E-state index < -0.39 is 11.8 Å². The number of benzene rings is 3. The maximum atomic E-state index is 14.2. The summed E-state index contributed by atoms with van der Waals surface area (Å²) in [4.78, 5) is 27.7. The summed E-state index contributed by atoms with van der Waals surface area (Å²) >= 11 is 6.50. The molecule has 0 aliphatic heterocycles. The van der Waals surface area contributed by atoms with Crippen LogP contribution in [-0.4, -0.2) is 31.2 Å². The number of rotatable bonds is 6. The first kappa shape index (κ1) is 22.6. The van der Waals surface area contributed by atoms with E-state index in [9.17, 15) is 14.0 Å². The van der Waals surface area contributed by atoms with E-state index in [0.717, 1.165) is 0 Å². The number of nitrogens with zero attached hydrogens (tertiary/aromatic N) is 2. The highest BCUT2D eigenvalue weighted by atomic mass is 35.5. The van der Waals surface area contributed by atoms with Gasteiger partial charge in [-0.3, -0.25) is 9.59 Å². The van der Waals surface area contributed by atoms with Crippen LogP contribution in [0.2, 0.25) is 5.02 Å². The molecule has 6 nitrogen and oxygen atoms in total. The molecule has 0 saturated carbocycles. The predicted molar refractivity (Wildman–Crippen MR) is 131 cm³/mol. The van der Waals surface area contributed by atoms with Crippen LogP contribution < -0.4 is 15.6 Å². The van der Waals surface area contributed by atoms with E-state index in [1.165, 1.54) is 6.07 Å². The van der Waals surface area contributed by atoms with Crippen molar-refractivity contribution in [1.29, 1.82) is 0 Å². The lowest BCUT2D eigenvalue weighted by molar-refractivity contribution is -0.143. The molecule has 0 saturated heterocycles. The highest BCUT2D eigenvalue weighted by Gasteiger charge is 2.20. The number of nitrogens with one attached hydrogen (secondary N) is 1. The highest BCUT2D eigenvalue weighted by Crippen LogP contribution is 2.35. The van der Waals surface area contributed by atoms with E-state index in [1.807, 2.05) is 14.1 Å². The van der Waals surface area contributed by atoms with E-state index in [1.54, 1.807) is 64.9 Å². The first-order chi connectivity index (χ1) is 15.8. The summed E-state index contributed by atoms with van der Waals surface area (Å²) in [5.41, 5.74) is 2.34. The monoisotopic (exact) mass is 467 g/mol. The Balaban J connectivity index is 2.04. The molecular formula is C25H23ClFN3O3. The Bertz CT molecular complexity index is 1430. The van der Waals surface area contributed by atoms with Crippen molar-refractivity contribution in [3.63, 3.8) is 0 Å². The lowest BCUT2D eigenvalue weighted by atomic mass is 10.1. The summed E-state index contributed by atoms with van der Waals surface area (Å²) in [6.07, 6.45) is 0. The van der Waals surface area contributed by atoms with E-state index in [0.29, 0.717) is 43.9 Å². The summed E-state index contributed by atoms with van der Waals surface area (Å²) in [5.74, 6) is -0.845. The van der Waals surface area contributed by atoms with Crippen LogP contribution in [-0.2, 0) is 16.1 Å². The molecule has 0 bridgehead atoms. The van der Waals surface area contributed by atoms with Gasteiger partial charge in [0.25, 0.3) is 0 Å². The number of aromatic nitrogens is 1. The van der Waals surface area contributed by atoms with Crippen molar-refractivity contribution in [2.24, 2.45) is 0 Å². The molecule has 8 heteroatoms. The van der Waals surface area contributed by atoms with Gasteiger partial charge in [0.15, 0.2) is 5.43 Å². The van der Waals surface area contributed by atoms with Gasteiger partial charge in [0.1, 0.15) is 12.4 Å². The molecule has 0 aliphatic rings. The Morgan fingerprint density at radius 1 is 1.12 bits per heavy atom. The summed E-state index contributed by atoms with van der Waals surface area (Å²) < 4.78 is 21.1. The lowest BCUT2D eigenvalue weighted by Gasteiger charge is -2.22. The van der Waals surface area contributed by atoms with Crippen LogP contribution in [0.4, 0.5) is 21.5 Å². The van der Waals surface area contributed by atoms with Gasteiger partial charge in [0, 0.05) is 30.6 Å². The number of esters is 1. The van der Waals surface area contributed by atoms with Gasteiger partial charge in [-0.05, 0) is 49.4 Å². The number of hydrogen-bond acceptors (Lipinski definition) is 5. The lowest BCUT2D eigenvalue weighted by Crippen LogP contribution is -2.21. The van der Waals surface area contributed by atoms with Crippen LogP contribution in [0, 0.1) is 5.82 Å². The second-order valence-electron chi connectivity index (χ2n) is 7.74. The molecule has 0 spiro atoms. The first-order valence-corrected chi connectivity index (χ1v) is 10.8. The maximum absolute atomic E-state index is 14.2.